The number of anilines is 1. The molecule has 3 rings (SSSR count). The van der Waals surface area contributed by atoms with Crippen molar-refractivity contribution in [2.45, 2.75) is 32.8 Å². The molecule has 1 unspecified atom stereocenters. The highest BCUT2D eigenvalue weighted by Gasteiger charge is 2.26. The summed E-state index contributed by atoms with van der Waals surface area (Å²) in [5, 5.41) is 17.2. The van der Waals surface area contributed by atoms with Gasteiger partial charge >= 0.3 is 0 Å². The van der Waals surface area contributed by atoms with Gasteiger partial charge in [0.2, 0.25) is 0 Å². The average molecular weight is 428 g/mol. The minimum Gasteiger partial charge on any atom is -0.466 e. The van der Waals surface area contributed by atoms with Crippen LogP contribution in [0.5, 0.6) is 0 Å². The Morgan fingerprint density at radius 3 is 2.65 bits per heavy atom. The summed E-state index contributed by atoms with van der Waals surface area (Å²) in [5.74, 6) is 1.25. The number of piperazine rings is 1. The van der Waals surface area contributed by atoms with Crippen molar-refractivity contribution in [1.29, 1.82) is 0 Å². The number of furan rings is 1. The third-order valence-electron chi connectivity index (χ3n) is 5.62. The third kappa shape index (κ3) is 7.01. The van der Waals surface area contributed by atoms with Crippen molar-refractivity contribution >= 4 is 11.6 Å². The number of rotatable bonds is 9. The first kappa shape index (κ1) is 23.2. The van der Waals surface area contributed by atoms with Crippen LogP contribution < -0.4 is 15.5 Å². The van der Waals surface area contributed by atoms with Gasteiger partial charge in [0.25, 0.3) is 0 Å². The molecule has 2 heterocycles. The van der Waals surface area contributed by atoms with E-state index in [0.717, 1.165) is 58.2 Å². The van der Waals surface area contributed by atoms with Crippen molar-refractivity contribution in [3.8, 4) is 0 Å². The Morgan fingerprint density at radius 2 is 1.97 bits per heavy atom. The van der Waals surface area contributed by atoms with Gasteiger partial charge in [-0.1, -0.05) is 12.1 Å². The van der Waals surface area contributed by atoms with E-state index in [9.17, 15) is 5.11 Å². The molecule has 0 bridgehead atoms. The van der Waals surface area contributed by atoms with Crippen molar-refractivity contribution in [3.05, 3.63) is 54.0 Å². The molecule has 170 valence electrons. The summed E-state index contributed by atoms with van der Waals surface area (Å²) >= 11 is 0. The van der Waals surface area contributed by atoms with Crippen molar-refractivity contribution in [2.24, 2.45) is 4.99 Å². The monoisotopic (exact) mass is 427 g/mol. The van der Waals surface area contributed by atoms with Crippen LogP contribution in [-0.4, -0.2) is 68.3 Å². The van der Waals surface area contributed by atoms with E-state index >= 15 is 0 Å². The van der Waals surface area contributed by atoms with Crippen molar-refractivity contribution in [1.82, 2.24) is 15.5 Å². The molecule has 31 heavy (non-hydrogen) atoms. The second-order valence-corrected chi connectivity index (χ2v) is 8.39. The van der Waals surface area contributed by atoms with E-state index in [-0.39, 0.29) is 6.54 Å². The topological polar surface area (TPSA) is 76.3 Å². The molecule has 0 aliphatic carbocycles. The van der Waals surface area contributed by atoms with Crippen LogP contribution in [-0.2, 0) is 5.60 Å². The van der Waals surface area contributed by atoms with Crippen molar-refractivity contribution < 1.29 is 9.52 Å². The van der Waals surface area contributed by atoms with Gasteiger partial charge in [0.05, 0.1) is 12.8 Å². The number of aryl methyl sites for hydroxylation is 1. The molecule has 1 fully saturated rings. The lowest BCUT2D eigenvalue weighted by Gasteiger charge is -2.36. The van der Waals surface area contributed by atoms with Crippen LogP contribution in [0.2, 0.25) is 0 Å². The van der Waals surface area contributed by atoms with Crippen LogP contribution in [0.4, 0.5) is 5.69 Å². The molecule has 1 aromatic carbocycles. The van der Waals surface area contributed by atoms with Gasteiger partial charge in [0.1, 0.15) is 11.4 Å². The molecule has 0 saturated carbocycles. The standard InChI is InChI=1S/C24H37N5O2/c1-4-25-23(27-19-24(3,30)22-10-6-17-31-22)26-11-7-12-28-13-15-29(16-14-28)21-9-5-8-20(2)18-21/h5-6,8-10,17-18,30H,4,7,11-16,19H2,1-3H3,(H2,25,26,27). The van der Waals surface area contributed by atoms with Gasteiger partial charge in [-0.25, -0.2) is 4.99 Å². The summed E-state index contributed by atoms with van der Waals surface area (Å²) < 4.78 is 5.33. The normalized spacial score (nSPS) is 17.4. The third-order valence-corrected chi connectivity index (χ3v) is 5.62. The second kappa shape index (κ2) is 11.2. The zero-order valence-corrected chi connectivity index (χ0v) is 19.1. The number of aliphatic hydroxyl groups is 1. The Kier molecular flexibility index (Phi) is 8.37. The van der Waals surface area contributed by atoms with E-state index in [1.807, 2.05) is 6.92 Å². The van der Waals surface area contributed by atoms with Crippen molar-refractivity contribution in [3.63, 3.8) is 0 Å². The van der Waals surface area contributed by atoms with Crippen LogP contribution >= 0.6 is 0 Å². The lowest BCUT2D eigenvalue weighted by molar-refractivity contribution is 0.0437. The number of hydrogen-bond acceptors (Lipinski definition) is 5. The van der Waals surface area contributed by atoms with E-state index in [4.69, 9.17) is 4.42 Å². The first-order chi connectivity index (χ1) is 15.0. The fraction of sp³-hybridized carbons (Fsp3) is 0.542. The summed E-state index contributed by atoms with van der Waals surface area (Å²) in [6.45, 7) is 13.1. The van der Waals surface area contributed by atoms with E-state index in [0.29, 0.717) is 5.76 Å². The lowest BCUT2D eigenvalue weighted by atomic mass is 10.0. The highest BCUT2D eigenvalue weighted by Crippen LogP contribution is 2.21. The smallest absolute Gasteiger partial charge is 0.191 e. The van der Waals surface area contributed by atoms with Crippen LogP contribution in [0.15, 0.2) is 52.1 Å². The molecule has 0 spiro atoms. The quantitative estimate of drug-likeness (QED) is 0.324. The summed E-state index contributed by atoms with van der Waals surface area (Å²) in [6, 6.07) is 12.3. The minimum absolute atomic E-state index is 0.233. The molecule has 1 aromatic heterocycles. The molecule has 3 N–H and O–H groups in total. The van der Waals surface area contributed by atoms with Gasteiger partial charge in [0, 0.05) is 45.0 Å². The SMILES string of the molecule is CCNC(=NCC(C)(O)c1ccco1)NCCCN1CCN(c2cccc(C)c2)CC1. The van der Waals surface area contributed by atoms with Gasteiger partial charge in [-0.15, -0.1) is 0 Å². The Hall–Kier alpha value is -2.51. The largest absolute Gasteiger partial charge is 0.466 e. The number of guanidine groups is 1. The lowest BCUT2D eigenvalue weighted by Crippen LogP contribution is -2.47. The van der Waals surface area contributed by atoms with Gasteiger partial charge in [-0.2, -0.15) is 0 Å². The number of nitrogens with zero attached hydrogens (tertiary/aromatic N) is 3. The van der Waals surface area contributed by atoms with Gasteiger partial charge in [-0.05, 0) is 63.6 Å². The molecular weight excluding hydrogens is 390 g/mol. The summed E-state index contributed by atoms with van der Waals surface area (Å²) in [4.78, 5) is 9.54. The molecule has 7 nitrogen and oxygen atoms in total. The molecule has 2 aromatic rings. The first-order valence-corrected chi connectivity index (χ1v) is 11.3. The number of hydrogen-bond donors (Lipinski definition) is 3. The number of aliphatic imine (C=N–C) groups is 1. The molecule has 1 aliphatic heterocycles. The van der Waals surface area contributed by atoms with Gasteiger partial charge < -0.3 is 25.1 Å². The van der Waals surface area contributed by atoms with Crippen LogP contribution in [0, 0.1) is 6.92 Å². The zero-order valence-electron chi connectivity index (χ0n) is 19.1. The molecule has 0 amide bonds. The summed E-state index contributed by atoms with van der Waals surface area (Å²) in [5.41, 5.74) is 1.52. The fourth-order valence-corrected chi connectivity index (χ4v) is 3.80. The molecular formula is C24H37N5O2. The number of nitrogens with one attached hydrogen (secondary N) is 2. The van der Waals surface area contributed by atoms with Gasteiger partial charge in [-0.3, -0.25) is 4.90 Å². The molecule has 1 saturated heterocycles. The van der Waals surface area contributed by atoms with Crippen LogP contribution in [0.25, 0.3) is 0 Å². The highest BCUT2D eigenvalue weighted by molar-refractivity contribution is 5.79. The zero-order chi connectivity index (χ0) is 22.1. The van der Waals surface area contributed by atoms with E-state index in [2.05, 4.69) is 56.6 Å². The number of benzene rings is 1. The van der Waals surface area contributed by atoms with Crippen LogP contribution in [0.3, 0.4) is 0 Å². The molecule has 1 aliphatic rings. The first-order valence-electron chi connectivity index (χ1n) is 11.3. The highest BCUT2D eigenvalue weighted by atomic mass is 16.4. The van der Waals surface area contributed by atoms with E-state index < -0.39 is 5.60 Å². The minimum atomic E-state index is -1.12. The molecule has 7 heteroatoms. The summed E-state index contributed by atoms with van der Waals surface area (Å²) in [6.07, 6.45) is 2.61. The van der Waals surface area contributed by atoms with Crippen LogP contribution in [0.1, 0.15) is 31.6 Å². The molecule has 1 atom stereocenters. The Bertz CT molecular complexity index is 811. The predicted octanol–water partition coefficient (Wildman–Crippen LogP) is 2.56. The van der Waals surface area contributed by atoms with E-state index in [1.54, 1.807) is 25.3 Å². The predicted molar refractivity (Wildman–Crippen MR) is 127 cm³/mol. The Morgan fingerprint density at radius 1 is 1.16 bits per heavy atom. The fourth-order valence-electron chi connectivity index (χ4n) is 3.80. The van der Waals surface area contributed by atoms with Crippen molar-refractivity contribution in [2.75, 3.05) is 57.3 Å². The van der Waals surface area contributed by atoms with E-state index in [1.165, 1.54) is 11.3 Å². The Labute approximate surface area is 186 Å². The average Bonchev–Trinajstić information content (AvgIpc) is 3.31. The maximum Gasteiger partial charge on any atom is 0.191 e. The summed E-state index contributed by atoms with van der Waals surface area (Å²) in [7, 11) is 0. The second-order valence-electron chi connectivity index (χ2n) is 8.39. The Balaban J connectivity index is 1.38. The van der Waals surface area contributed by atoms with Gasteiger partial charge in [0.15, 0.2) is 5.96 Å². The maximum atomic E-state index is 10.6. The maximum absolute atomic E-state index is 10.6. The molecule has 0 radical (unpaired) electrons.